The van der Waals surface area contributed by atoms with Crippen LogP contribution < -0.4 is 16.4 Å². The second-order valence-electron chi connectivity index (χ2n) is 8.24. The molecule has 0 aliphatic carbocycles. The maximum atomic E-state index is 12.7. The molecule has 11 heteroatoms. The summed E-state index contributed by atoms with van der Waals surface area (Å²) >= 11 is 0. The van der Waals surface area contributed by atoms with Crippen LogP contribution in [0.2, 0.25) is 0 Å². The summed E-state index contributed by atoms with van der Waals surface area (Å²) in [5, 5.41) is 22.6. The number of nitrogens with zero attached hydrogens (tertiary/aromatic N) is 3. The fourth-order valence-corrected chi connectivity index (χ4v) is 3.11. The highest BCUT2D eigenvalue weighted by atomic mass is 16.5. The molecule has 0 bridgehead atoms. The highest BCUT2D eigenvalue weighted by Gasteiger charge is 2.28. The fraction of sp³-hybridized carbons (Fsp3) is 0.391. The number of amides is 2. The minimum absolute atomic E-state index is 0.0758. The lowest BCUT2D eigenvalue weighted by Crippen LogP contribution is -2.51. The molecule has 1 unspecified atom stereocenters. The number of nitrogens with two attached hydrogens (primary N) is 1. The molecule has 2 amide bonds. The number of aromatic nitrogens is 3. The van der Waals surface area contributed by atoms with E-state index in [0.29, 0.717) is 23.8 Å². The van der Waals surface area contributed by atoms with E-state index in [4.69, 9.17) is 20.3 Å². The average Bonchev–Trinajstić information content (AvgIpc) is 3.25. The number of pyridine rings is 1. The standard InChI is InChI=1S/C23H30N6O5/c1-23(2,24)21(31)26-18(15-33-13-16-7-4-3-5-8-16)20-28-27-19-10-6-9-17(29(19)20)14-34-22(32)25-11-12-30/h3-10,18,30H,11-15,24H2,1-2H3,(H,25,32)(H,26,31). The molecule has 5 N–H and O–H groups in total. The van der Waals surface area contributed by atoms with Gasteiger partial charge in [0.05, 0.1) is 31.1 Å². The Balaban J connectivity index is 1.84. The molecule has 34 heavy (non-hydrogen) atoms. The average molecular weight is 471 g/mol. The Hall–Kier alpha value is -3.54. The number of hydrogen-bond donors (Lipinski definition) is 4. The molecule has 0 saturated carbocycles. The predicted octanol–water partition coefficient (Wildman–Crippen LogP) is 1.06. The van der Waals surface area contributed by atoms with Crippen molar-refractivity contribution < 1.29 is 24.2 Å². The zero-order chi connectivity index (χ0) is 24.6. The summed E-state index contributed by atoms with van der Waals surface area (Å²) in [6.07, 6.45) is -0.665. The third-order valence-corrected chi connectivity index (χ3v) is 4.86. The van der Waals surface area contributed by atoms with Crippen LogP contribution in [0, 0.1) is 0 Å². The van der Waals surface area contributed by atoms with Gasteiger partial charge in [0, 0.05) is 6.54 Å². The van der Waals surface area contributed by atoms with Gasteiger partial charge in [0.1, 0.15) is 12.6 Å². The van der Waals surface area contributed by atoms with Gasteiger partial charge in [0.2, 0.25) is 5.91 Å². The SMILES string of the molecule is CC(C)(N)C(=O)NC(COCc1ccccc1)c1nnc2cccc(COC(=O)NCCO)n12. The molecule has 182 valence electrons. The molecule has 0 radical (unpaired) electrons. The Bertz CT molecular complexity index is 1100. The molecule has 0 aliphatic heterocycles. The number of aliphatic hydroxyl groups excluding tert-OH is 1. The van der Waals surface area contributed by atoms with Gasteiger partial charge in [-0.05, 0) is 31.5 Å². The van der Waals surface area contributed by atoms with Gasteiger partial charge in [-0.1, -0.05) is 36.4 Å². The number of alkyl carbamates (subject to hydrolysis) is 1. The quantitative estimate of drug-likeness (QED) is 0.324. The highest BCUT2D eigenvalue weighted by Crippen LogP contribution is 2.18. The van der Waals surface area contributed by atoms with E-state index in [-0.39, 0.29) is 32.3 Å². The molecular weight excluding hydrogens is 440 g/mol. The first kappa shape index (κ1) is 25.1. The summed E-state index contributed by atoms with van der Waals surface area (Å²) in [6, 6.07) is 14.3. The molecule has 1 atom stereocenters. The van der Waals surface area contributed by atoms with E-state index in [2.05, 4.69) is 20.8 Å². The van der Waals surface area contributed by atoms with Crippen molar-refractivity contribution in [2.24, 2.45) is 5.73 Å². The number of carbonyl (C=O) groups excluding carboxylic acids is 2. The molecule has 2 heterocycles. The molecule has 0 saturated heterocycles. The van der Waals surface area contributed by atoms with Gasteiger partial charge in [-0.15, -0.1) is 10.2 Å². The fourth-order valence-electron chi connectivity index (χ4n) is 3.11. The van der Waals surface area contributed by atoms with E-state index >= 15 is 0 Å². The molecular formula is C23H30N6O5. The van der Waals surface area contributed by atoms with Gasteiger partial charge in [0.15, 0.2) is 11.5 Å². The van der Waals surface area contributed by atoms with E-state index in [1.165, 1.54) is 0 Å². The van der Waals surface area contributed by atoms with Crippen LogP contribution in [0.15, 0.2) is 48.5 Å². The summed E-state index contributed by atoms with van der Waals surface area (Å²) in [7, 11) is 0. The first-order chi connectivity index (χ1) is 16.3. The van der Waals surface area contributed by atoms with Gasteiger partial charge in [-0.25, -0.2) is 4.79 Å². The molecule has 2 aromatic heterocycles. The molecule has 3 aromatic rings. The minimum atomic E-state index is -1.12. The van der Waals surface area contributed by atoms with Crippen LogP contribution in [0.1, 0.15) is 37.0 Å². The largest absolute Gasteiger partial charge is 0.443 e. The molecule has 11 nitrogen and oxygen atoms in total. The summed E-state index contributed by atoms with van der Waals surface area (Å²) in [4.78, 5) is 24.5. The summed E-state index contributed by atoms with van der Waals surface area (Å²) in [5.74, 6) is 0.0327. The van der Waals surface area contributed by atoms with E-state index in [9.17, 15) is 9.59 Å². The molecule has 3 rings (SSSR count). The zero-order valence-corrected chi connectivity index (χ0v) is 19.2. The van der Waals surface area contributed by atoms with E-state index in [1.807, 2.05) is 30.3 Å². The van der Waals surface area contributed by atoms with E-state index < -0.39 is 17.7 Å². The monoisotopic (exact) mass is 470 g/mol. The Morgan fingerprint density at radius 1 is 1.12 bits per heavy atom. The van der Waals surface area contributed by atoms with Crippen molar-refractivity contribution in [3.63, 3.8) is 0 Å². The van der Waals surface area contributed by atoms with Crippen LogP contribution in [0.5, 0.6) is 0 Å². The van der Waals surface area contributed by atoms with E-state index in [0.717, 1.165) is 5.56 Å². The van der Waals surface area contributed by atoms with Gasteiger partial charge >= 0.3 is 6.09 Å². The number of ether oxygens (including phenoxy) is 2. The lowest BCUT2D eigenvalue weighted by Gasteiger charge is -2.24. The van der Waals surface area contributed by atoms with Crippen LogP contribution in [-0.2, 0) is 27.5 Å². The van der Waals surface area contributed by atoms with Crippen molar-refractivity contribution in [1.29, 1.82) is 0 Å². The number of aliphatic hydroxyl groups is 1. The van der Waals surface area contributed by atoms with Crippen molar-refractivity contribution in [3.05, 3.63) is 65.6 Å². The van der Waals surface area contributed by atoms with Gasteiger partial charge in [-0.3, -0.25) is 9.20 Å². The Labute approximate surface area is 197 Å². The van der Waals surface area contributed by atoms with Crippen molar-refractivity contribution in [1.82, 2.24) is 25.2 Å². The van der Waals surface area contributed by atoms with Gasteiger partial charge in [-0.2, -0.15) is 0 Å². The van der Waals surface area contributed by atoms with Crippen LogP contribution in [-0.4, -0.2) is 57.0 Å². The Morgan fingerprint density at radius 2 is 1.88 bits per heavy atom. The Kier molecular flexibility index (Phi) is 8.52. The summed E-state index contributed by atoms with van der Waals surface area (Å²) < 4.78 is 12.8. The molecule has 0 aliphatic rings. The van der Waals surface area contributed by atoms with Crippen molar-refractivity contribution >= 4 is 17.6 Å². The minimum Gasteiger partial charge on any atom is -0.443 e. The first-order valence-corrected chi connectivity index (χ1v) is 10.9. The summed E-state index contributed by atoms with van der Waals surface area (Å²) in [5.41, 5.74) is 6.96. The van der Waals surface area contributed by atoms with E-state index in [1.54, 1.807) is 36.4 Å². The lowest BCUT2D eigenvalue weighted by atomic mass is 10.1. The highest BCUT2D eigenvalue weighted by molar-refractivity contribution is 5.85. The first-order valence-electron chi connectivity index (χ1n) is 10.9. The molecule has 0 fully saturated rings. The van der Waals surface area contributed by atoms with Crippen molar-refractivity contribution in [2.75, 3.05) is 19.8 Å². The third kappa shape index (κ3) is 6.73. The van der Waals surface area contributed by atoms with Crippen molar-refractivity contribution in [2.45, 2.75) is 38.6 Å². The lowest BCUT2D eigenvalue weighted by molar-refractivity contribution is -0.126. The smallest absolute Gasteiger partial charge is 0.407 e. The number of hydrogen-bond acceptors (Lipinski definition) is 8. The number of rotatable bonds is 11. The van der Waals surface area contributed by atoms with Crippen molar-refractivity contribution in [3.8, 4) is 0 Å². The molecule has 1 aromatic carbocycles. The van der Waals surface area contributed by atoms with Crippen LogP contribution >= 0.6 is 0 Å². The number of benzene rings is 1. The molecule has 0 spiro atoms. The van der Waals surface area contributed by atoms with Crippen LogP contribution in [0.4, 0.5) is 4.79 Å². The van der Waals surface area contributed by atoms with Crippen LogP contribution in [0.25, 0.3) is 5.65 Å². The normalized spacial score (nSPS) is 12.4. The zero-order valence-electron chi connectivity index (χ0n) is 19.2. The topological polar surface area (TPSA) is 153 Å². The second kappa shape index (κ2) is 11.5. The van der Waals surface area contributed by atoms with Gasteiger partial charge < -0.3 is 30.9 Å². The van der Waals surface area contributed by atoms with Gasteiger partial charge in [0.25, 0.3) is 0 Å². The predicted molar refractivity (Wildman–Crippen MR) is 124 cm³/mol. The maximum absolute atomic E-state index is 12.7. The Morgan fingerprint density at radius 3 is 2.59 bits per heavy atom. The number of fused-ring (bicyclic) bond motifs is 1. The second-order valence-corrected chi connectivity index (χ2v) is 8.24. The third-order valence-electron chi connectivity index (χ3n) is 4.86. The van der Waals surface area contributed by atoms with Crippen LogP contribution in [0.3, 0.4) is 0 Å². The number of nitrogens with one attached hydrogen (secondary N) is 2. The number of carbonyl (C=O) groups is 2. The summed E-state index contributed by atoms with van der Waals surface area (Å²) in [6.45, 7) is 3.49. The maximum Gasteiger partial charge on any atom is 0.407 e.